The zero-order chi connectivity index (χ0) is 12.5. The molecule has 0 aliphatic rings. The van der Waals surface area contributed by atoms with Gasteiger partial charge in [-0.2, -0.15) is 0 Å². The lowest BCUT2D eigenvalue weighted by Gasteiger charge is -1.98. The van der Waals surface area contributed by atoms with Crippen LogP contribution in [0.2, 0.25) is 0 Å². The van der Waals surface area contributed by atoms with Crippen molar-refractivity contribution in [2.45, 2.75) is 0 Å². The minimum Gasteiger partial charge on any atom is -0.357 e. The number of hydrogen-bond acceptors (Lipinski definition) is 5. The van der Waals surface area contributed by atoms with Gasteiger partial charge in [0.1, 0.15) is 0 Å². The summed E-state index contributed by atoms with van der Waals surface area (Å²) in [5, 5.41) is 10.6. The molecule has 0 saturated carbocycles. The Labute approximate surface area is 106 Å². The van der Waals surface area contributed by atoms with E-state index in [0.29, 0.717) is 5.52 Å². The number of fused-ring (bicyclic) bond motifs is 1. The third-order valence-corrected chi connectivity index (χ3v) is 3.52. The maximum Gasteiger partial charge on any atom is 0.424 e. The van der Waals surface area contributed by atoms with Crippen molar-refractivity contribution in [3.8, 4) is 11.1 Å². The van der Waals surface area contributed by atoms with Crippen molar-refractivity contribution in [1.29, 1.82) is 0 Å². The largest absolute Gasteiger partial charge is 0.424 e. The predicted molar refractivity (Wildman–Crippen MR) is 69.5 cm³/mol. The average molecular weight is 257 g/mol. The lowest BCUT2D eigenvalue weighted by atomic mass is 10.1. The Morgan fingerprint density at radius 1 is 1.22 bits per heavy atom. The lowest BCUT2D eigenvalue weighted by Crippen LogP contribution is -1.84. The van der Waals surface area contributed by atoms with Gasteiger partial charge in [0.05, 0.1) is 4.70 Å². The first-order valence-electron chi connectivity index (χ1n) is 5.19. The summed E-state index contributed by atoms with van der Waals surface area (Å²) in [5.41, 5.74) is 2.57. The molecule has 0 radical (unpaired) electrons. The minimum absolute atomic E-state index is 0.0756. The van der Waals surface area contributed by atoms with Crippen LogP contribution in [0.1, 0.15) is 0 Å². The van der Waals surface area contributed by atoms with E-state index >= 15 is 0 Å². The topological polar surface area (TPSA) is 68.9 Å². The molecule has 0 unspecified atom stereocenters. The summed E-state index contributed by atoms with van der Waals surface area (Å²) in [6.45, 7) is 0. The minimum atomic E-state index is -0.464. The molecule has 3 rings (SSSR count). The lowest BCUT2D eigenvalue weighted by molar-refractivity contribution is -0.384. The summed E-state index contributed by atoms with van der Waals surface area (Å²) >= 11 is 1.08. The highest BCUT2D eigenvalue weighted by atomic mass is 32.1. The Hall–Kier alpha value is -2.34. The van der Waals surface area contributed by atoms with Crippen molar-refractivity contribution in [3.63, 3.8) is 0 Å². The first-order valence-corrected chi connectivity index (χ1v) is 6.01. The van der Waals surface area contributed by atoms with Crippen LogP contribution in [0.3, 0.4) is 0 Å². The molecule has 3 aromatic rings. The van der Waals surface area contributed by atoms with Crippen molar-refractivity contribution in [2.24, 2.45) is 0 Å². The van der Waals surface area contributed by atoms with Crippen molar-refractivity contribution in [2.75, 3.05) is 0 Å². The van der Waals surface area contributed by atoms with E-state index in [4.69, 9.17) is 0 Å². The van der Waals surface area contributed by atoms with Gasteiger partial charge in [-0.05, 0) is 45.0 Å². The standard InChI is InChI=1S/C12H7N3O2S/c16-15(17)12-14-10-6-8(3-4-11(10)18-12)9-2-1-5-13-7-9/h1-7H. The molecule has 6 heteroatoms. The van der Waals surface area contributed by atoms with Gasteiger partial charge in [-0.15, -0.1) is 0 Å². The monoisotopic (exact) mass is 257 g/mol. The SMILES string of the molecule is O=[N+]([O-])c1nc2cc(-c3cccnc3)ccc2s1. The smallest absolute Gasteiger partial charge is 0.357 e. The second-order valence-electron chi connectivity index (χ2n) is 3.68. The molecule has 88 valence electrons. The van der Waals surface area contributed by atoms with Crippen LogP contribution in [0.4, 0.5) is 5.13 Å². The Balaban J connectivity index is 2.14. The fourth-order valence-corrected chi connectivity index (χ4v) is 2.47. The number of rotatable bonds is 2. The zero-order valence-corrected chi connectivity index (χ0v) is 9.92. The number of thiazole rings is 1. The molecular formula is C12H7N3O2S. The molecule has 0 fully saturated rings. The summed E-state index contributed by atoms with van der Waals surface area (Å²) in [7, 11) is 0. The molecule has 2 heterocycles. The summed E-state index contributed by atoms with van der Waals surface area (Å²) in [5.74, 6) is 0. The van der Waals surface area contributed by atoms with E-state index in [1.165, 1.54) is 0 Å². The van der Waals surface area contributed by atoms with E-state index in [1.807, 2.05) is 30.3 Å². The Bertz CT molecular complexity index is 725. The number of hydrogen-bond donors (Lipinski definition) is 0. The van der Waals surface area contributed by atoms with E-state index in [-0.39, 0.29) is 5.13 Å². The number of nitrogens with zero attached hydrogens (tertiary/aromatic N) is 3. The van der Waals surface area contributed by atoms with Crippen molar-refractivity contribution in [1.82, 2.24) is 9.97 Å². The molecule has 18 heavy (non-hydrogen) atoms. The van der Waals surface area contributed by atoms with Crippen molar-refractivity contribution >= 4 is 26.7 Å². The van der Waals surface area contributed by atoms with Gasteiger partial charge in [0, 0.05) is 18.0 Å². The summed E-state index contributed by atoms with van der Waals surface area (Å²) < 4.78 is 0.814. The first kappa shape index (κ1) is 10.8. The van der Waals surface area contributed by atoms with Crippen LogP contribution in [-0.4, -0.2) is 14.9 Å². The average Bonchev–Trinajstić information content (AvgIpc) is 2.82. The highest BCUT2D eigenvalue weighted by Crippen LogP contribution is 2.30. The van der Waals surface area contributed by atoms with E-state index in [1.54, 1.807) is 12.4 Å². The van der Waals surface area contributed by atoms with Gasteiger partial charge in [0.25, 0.3) is 0 Å². The highest BCUT2D eigenvalue weighted by Gasteiger charge is 2.15. The fourth-order valence-electron chi connectivity index (χ4n) is 1.71. The van der Waals surface area contributed by atoms with Gasteiger partial charge in [0.2, 0.25) is 0 Å². The molecule has 5 nitrogen and oxygen atoms in total. The third-order valence-electron chi connectivity index (χ3n) is 2.53. The van der Waals surface area contributed by atoms with Gasteiger partial charge in [0.15, 0.2) is 5.52 Å². The molecule has 0 aliphatic heterocycles. The Morgan fingerprint density at radius 2 is 2.11 bits per heavy atom. The molecule has 0 saturated heterocycles. The zero-order valence-electron chi connectivity index (χ0n) is 9.11. The van der Waals surface area contributed by atoms with Crippen molar-refractivity contribution < 1.29 is 4.92 Å². The van der Waals surface area contributed by atoms with Gasteiger partial charge >= 0.3 is 5.13 Å². The molecule has 0 atom stereocenters. The maximum absolute atomic E-state index is 10.7. The number of aromatic nitrogens is 2. The molecular weight excluding hydrogens is 250 g/mol. The highest BCUT2D eigenvalue weighted by molar-refractivity contribution is 7.21. The van der Waals surface area contributed by atoms with Crippen LogP contribution in [0.15, 0.2) is 42.7 Å². The maximum atomic E-state index is 10.7. The van der Waals surface area contributed by atoms with Crippen LogP contribution in [0.5, 0.6) is 0 Å². The van der Waals surface area contributed by atoms with Crippen LogP contribution >= 0.6 is 11.3 Å². The molecule has 0 N–H and O–H groups in total. The second kappa shape index (κ2) is 4.15. The van der Waals surface area contributed by atoms with E-state index < -0.39 is 4.92 Å². The van der Waals surface area contributed by atoms with Crippen LogP contribution < -0.4 is 0 Å². The van der Waals surface area contributed by atoms with Crippen molar-refractivity contribution in [3.05, 3.63) is 52.8 Å². The normalized spacial score (nSPS) is 10.7. The Kier molecular flexibility index (Phi) is 2.49. The number of pyridine rings is 1. The summed E-state index contributed by atoms with van der Waals surface area (Å²) in [4.78, 5) is 18.3. The fraction of sp³-hybridized carbons (Fsp3) is 0. The predicted octanol–water partition coefficient (Wildman–Crippen LogP) is 3.27. The van der Waals surface area contributed by atoms with E-state index in [9.17, 15) is 10.1 Å². The van der Waals surface area contributed by atoms with Gasteiger partial charge in [-0.3, -0.25) is 4.98 Å². The van der Waals surface area contributed by atoms with Crippen LogP contribution in [0.25, 0.3) is 21.3 Å². The summed E-state index contributed by atoms with van der Waals surface area (Å²) in [6, 6.07) is 9.40. The quantitative estimate of drug-likeness (QED) is 0.522. The number of benzene rings is 1. The molecule has 1 aromatic carbocycles. The molecule has 0 spiro atoms. The van der Waals surface area contributed by atoms with Gasteiger partial charge < -0.3 is 10.1 Å². The summed E-state index contributed by atoms with van der Waals surface area (Å²) in [6.07, 6.45) is 3.46. The van der Waals surface area contributed by atoms with Crippen LogP contribution in [-0.2, 0) is 0 Å². The number of nitro groups is 1. The van der Waals surface area contributed by atoms with Gasteiger partial charge in [-0.25, -0.2) is 0 Å². The van der Waals surface area contributed by atoms with E-state index in [0.717, 1.165) is 27.2 Å². The molecule has 2 aromatic heterocycles. The van der Waals surface area contributed by atoms with Gasteiger partial charge in [-0.1, -0.05) is 12.1 Å². The first-order chi connectivity index (χ1) is 8.74. The third kappa shape index (κ3) is 1.82. The molecule has 0 bridgehead atoms. The Morgan fingerprint density at radius 3 is 2.83 bits per heavy atom. The molecule has 0 amide bonds. The van der Waals surface area contributed by atoms with Crippen LogP contribution in [0, 0.1) is 10.1 Å². The second-order valence-corrected chi connectivity index (χ2v) is 4.69. The molecule has 0 aliphatic carbocycles. The van der Waals surface area contributed by atoms with E-state index in [2.05, 4.69) is 9.97 Å².